The lowest BCUT2D eigenvalue weighted by atomic mass is 10.5. The van der Waals surface area contributed by atoms with Gasteiger partial charge in [0.15, 0.2) is 0 Å². The van der Waals surface area contributed by atoms with Gasteiger partial charge in [-0.1, -0.05) is 0 Å². The van der Waals surface area contributed by atoms with Crippen LogP contribution in [0.5, 0.6) is 0 Å². The zero-order valence-corrected chi connectivity index (χ0v) is 9.49. The molecule has 1 fully saturated rings. The van der Waals surface area contributed by atoms with Crippen LogP contribution in [-0.2, 0) is 9.09 Å². The van der Waals surface area contributed by atoms with E-state index in [1.807, 2.05) is 0 Å². The highest BCUT2D eigenvalue weighted by Gasteiger charge is 2.32. The van der Waals surface area contributed by atoms with Gasteiger partial charge in [0.2, 0.25) is 0 Å². The average Bonchev–Trinajstić information content (AvgIpc) is 2.24. The quantitative estimate of drug-likeness (QED) is 0.611. The van der Waals surface area contributed by atoms with Gasteiger partial charge in [0, 0.05) is 39.5 Å². The van der Waals surface area contributed by atoms with E-state index in [2.05, 4.69) is 5.09 Å². The Morgan fingerprint density at radius 2 is 2.43 bits per heavy atom. The molecule has 0 radical (unpaired) electrons. The van der Waals surface area contributed by atoms with E-state index >= 15 is 0 Å². The molecule has 1 saturated heterocycles. The van der Waals surface area contributed by atoms with Crippen molar-refractivity contribution in [1.29, 1.82) is 0 Å². The van der Waals surface area contributed by atoms with Gasteiger partial charge in [0.05, 0.1) is 9.30 Å². The normalized spacial score (nSPS) is 43.4. The molecular formula is C7H15Cl2N2O2P. The standard InChI is InChI=1S/C7H15Cl2N2O2P/c8-2-5-11(6-3-9)14(12)10-4-1-7-13-14/h1-7H2,(H,10,12)/i2D2,5D2,6D2,7D2. The predicted molar refractivity (Wildman–Crippen MR) is 59.2 cm³/mol. The van der Waals surface area contributed by atoms with E-state index in [1.54, 1.807) is 0 Å². The molecule has 1 N–H and O–H groups in total. The first-order valence-electron chi connectivity index (χ1n) is 7.71. The molecule has 1 unspecified atom stereocenters. The first kappa shape index (κ1) is 5.35. The Morgan fingerprint density at radius 1 is 1.64 bits per heavy atom. The van der Waals surface area contributed by atoms with Crippen LogP contribution in [0.15, 0.2) is 0 Å². The number of halogens is 2. The van der Waals surface area contributed by atoms with Crippen molar-refractivity contribution in [3.05, 3.63) is 0 Å². The summed E-state index contributed by atoms with van der Waals surface area (Å²) in [5.74, 6) is -4.03. The number of alkyl halides is 2. The summed E-state index contributed by atoms with van der Waals surface area (Å²) >= 11 is 10.8. The summed E-state index contributed by atoms with van der Waals surface area (Å²) in [6.45, 7) is -8.75. The van der Waals surface area contributed by atoms with Gasteiger partial charge in [0.25, 0.3) is 0 Å². The molecule has 84 valence electrons. The van der Waals surface area contributed by atoms with Crippen LogP contribution in [-0.4, -0.2) is 42.5 Å². The fraction of sp³-hybridized carbons (Fsp3) is 1.00. The molecule has 1 aliphatic heterocycles. The largest absolute Gasteiger partial charge is 0.343 e. The van der Waals surface area contributed by atoms with Crippen molar-refractivity contribution < 1.29 is 20.1 Å². The molecular weight excluding hydrogens is 246 g/mol. The molecule has 7 heteroatoms. The lowest BCUT2D eigenvalue weighted by molar-refractivity contribution is 0.233. The molecule has 1 heterocycles. The van der Waals surface area contributed by atoms with Crippen molar-refractivity contribution in [3.8, 4) is 0 Å². The Bertz CT molecular complexity index is 474. The highest BCUT2D eigenvalue weighted by atomic mass is 35.5. The summed E-state index contributed by atoms with van der Waals surface area (Å²) in [6.07, 6.45) is -0.203. The topological polar surface area (TPSA) is 41.6 Å². The Kier molecular flexibility index (Phi) is 2.41. The molecule has 1 rings (SSSR count). The summed E-state index contributed by atoms with van der Waals surface area (Å²) in [7, 11) is -4.65. The van der Waals surface area contributed by atoms with E-state index in [1.165, 1.54) is 0 Å². The lowest BCUT2D eigenvalue weighted by Crippen LogP contribution is -2.35. The first-order valence-corrected chi connectivity index (χ1v) is 6.20. The zero-order chi connectivity index (χ0) is 17.6. The van der Waals surface area contributed by atoms with Crippen molar-refractivity contribution in [2.75, 3.05) is 37.8 Å². The fourth-order valence-corrected chi connectivity index (χ4v) is 2.55. The summed E-state index contributed by atoms with van der Waals surface area (Å²) in [6, 6.07) is 0. The minimum Gasteiger partial charge on any atom is -0.306 e. The van der Waals surface area contributed by atoms with Crippen LogP contribution in [0.3, 0.4) is 0 Å². The summed E-state index contributed by atoms with van der Waals surface area (Å²) in [5.41, 5.74) is 0. The second-order valence-electron chi connectivity index (χ2n) is 2.22. The van der Waals surface area contributed by atoms with Crippen molar-refractivity contribution in [3.63, 3.8) is 0 Å². The molecule has 14 heavy (non-hydrogen) atoms. The third-order valence-electron chi connectivity index (χ3n) is 1.35. The smallest absolute Gasteiger partial charge is 0.306 e. The number of hydrogen-bond acceptors (Lipinski definition) is 2. The molecule has 0 aliphatic carbocycles. The molecule has 1 aliphatic rings. The molecule has 0 aromatic heterocycles. The molecule has 0 saturated carbocycles. The molecule has 0 aromatic carbocycles. The maximum atomic E-state index is 12.8. The number of hydrogen-bond donors (Lipinski definition) is 1. The third-order valence-corrected chi connectivity index (χ3v) is 3.32. The van der Waals surface area contributed by atoms with Crippen LogP contribution < -0.4 is 5.09 Å². The van der Waals surface area contributed by atoms with Gasteiger partial charge in [-0.2, -0.15) is 0 Å². The Labute approximate surface area is 106 Å². The average molecular weight is 269 g/mol. The van der Waals surface area contributed by atoms with Crippen LogP contribution >= 0.6 is 30.9 Å². The Balaban J connectivity index is 3.43. The van der Waals surface area contributed by atoms with E-state index in [9.17, 15) is 4.57 Å². The third kappa shape index (κ3) is 3.37. The number of nitrogens with one attached hydrogen (secondary N) is 1. The number of rotatable bonds is 5. The van der Waals surface area contributed by atoms with Gasteiger partial charge in [-0.3, -0.25) is 4.57 Å². The second kappa shape index (κ2) is 6.31. The number of nitrogens with zero attached hydrogens (tertiary/aromatic N) is 1. The van der Waals surface area contributed by atoms with E-state index < -0.39 is 38.9 Å². The van der Waals surface area contributed by atoms with Gasteiger partial charge in [-0.05, 0) is 6.42 Å². The molecule has 0 spiro atoms. The first-order chi connectivity index (χ1) is 9.59. The van der Waals surface area contributed by atoms with Crippen LogP contribution in [0, 0.1) is 0 Å². The van der Waals surface area contributed by atoms with E-state index in [0.29, 0.717) is 0 Å². The molecule has 1 atom stereocenters. The molecule has 0 bridgehead atoms. The van der Waals surface area contributed by atoms with Crippen LogP contribution in [0.2, 0.25) is 0 Å². The highest BCUT2D eigenvalue weighted by molar-refractivity contribution is 7.54. The van der Waals surface area contributed by atoms with E-state index in [-0.39, 0.29) is 17.6 Å². The van der Waals surface area contributed by atoms with Gasteiger partial charge in [0.1, 0.15) is 0 Å². The Morgan fingerprint density at radius 3 is 3.00 bits per heavy atom. The van der Waals surface area contributed by atoms with Gasteiger partial charge in [-0.25, -0.2) is 9.76 Å². The van der Waals surface area contributed by atoms with Gasteiger partial charge in [-0.15, -0.1) is 23.2 Å². The van der Waals surface area contributed by atoms with Crippen molar-refractivity contribution in [2.24, 2.45) is 0 Å². The van der Waals surface area contributed by atoms with Gasteiger partial charge >= 0.3 is 7.67 Å². The molecule has 4 nitrogen and oxygen atoms in total. The minimum atomic E-state index is -4.65. The summed E-state index contributed by atoms with van der Waals surface area (Å²) in [4.78, 5) is 0. The van der Waals surface area contributed by atoms with Crippen LogP contribution in [0.4, 0.5) is 0 Å². The molecule has 0 aromatic rings. The van der Waals surface area contributed by atoms with Crippen LogP contribution in [0.25, 0.3) is 0 Å². The SMILES string of the molecule is [2H]C1([2H])CCNP(=O)(N(C([2H])([2H])CCl)C([2H])([2H])C([2H])([2H])Cl)O1. The van der Waals surface area contributed by atoms with E-state index in [4.69, 9.17) is 38.7 Å². The van der Waals surface area contributed by atoms with Crippen LogP contribution in [0.1, 0.15) is 17.4 Å². The fourth-order valence-electron chi connectivity index (χ4n) is 0.820. The van der Waals surface area contributed by atoms with Crippen molar-refractivity contribution in [1.82, 2.24) is 9.76 Å². The monoisotopic (exact) mass is 268 g/mol. The van der Waals surface area contributed by atoms with Crippen molar-refractivity contribution >= 4 is 30.9 Å². The van der Waals surface area contributed by atoms with E-state index in [0.717, 1.165) is 0 Å². The maximum absolute atomic E-state index is 12.8. The lowest BCUT2D eigenvalue weighted by Gasteiger charge is -2.33. The Hall–Kier alpha value is 0.690. The van der Waals surface area contributed by atoms with Gasteiger partial charge < -0.3 is 4.52 Å². The summed E-state index contributed by atoms with van der Waals surface area (Å²) < 4.78 is 78.1. The zero-order valence-electron chi connectivity index (χ0n) is 15.1. The maximum Gasteiger partial charge on any atom is 0.343 e. The minimum absolute atomic E-state index is 0.0794. The highest BCUT2D eigenvalue weighted by Crippen LogP contribution is 2.47. The second-order valence-corrected chi connectivity index (χ2v) is 4.62. The predicted octanol–water partition coefficient (Wildman–Crippen LogP) is 1.88. The summed E-state index contributed by atoms with van der Waals surface area (Å²) in [5, 5.41) is 2.23. The van der Waals surface area contributed by atoms with Crippen molar-refractivity contribution in [2.45, 2.75) is 6.42 Å². The molecule has 0 amide bonds.